The molecule has 0 aliphatic heterocycles. The van der Waals surface area contributed by atoms with Crippen molar-refractivity contribution < 1.29 is 24.0 Å². The van der Waals surface area contributed by atoms with Gasteiger partial charge in [0.25, 0.3) is 0 Å². The van der Waals surface area contributed by atoms with Crippen LogP contribution in [0.1, 0.15) is 73.9 Å². The first kappa shape index (κ1) is 22.8. The Labute approximate surface area is 178 Å². The summed E-state index contributed by atoms with van der Waals surface area (Å²) >= 11 is 0. The average Bonchev–Trinajstić information content (AvgIpc) is 2.63. The highest BCUT2D eigenvalue weighted by Gasteiger charge is 2.39. The Morgan fingerprint density at radius 2 is 1.63 bits per heavy atom. The maximum atomic E-state index is 11.2. The van der Waals surface area contributed by atoms with Crippen molar-refractivity contribution >= 4 is 20.0 Å². The third kappa shape index (κ3) is 4.87. The standard InChI is InChI=1S/C24H31O5P/c1-16-14-20-21(24(4,5)13-12-23(20,2)3)22(25)19(16)11-10-17-6-8-18(9-7-17)15-29-30(26,27)28/h6-11,14,25H,12-13,15H2,1-5H3,(H2,26,27,28). The van der Waals surface area contributed by atoms with E-state index < -0.39 is 7.82 Å². The van der Waals surface area contributed by atoms with Crippen LogP contribution in [0.5, 0.6) is 5.75 Å². The van der Waals surface area contributed by atoms with E-state index in [9.17, 15) is 9.67 Å². The van der Waals surface area contributed by atoms with Gasteiger partial charge in [-0.1, -0.05) is 70.2 Å². The second-order valence-corrected chi connectivity index (χ2v) is 10.7. The van der Waals surface area contributed by atoms with Crippen molar-refractivity contribution in [2.45, 2.75) is 64.9 Å². The van der Waals surface area contributed by atoms with Gasteiger partial charge in [-0.05, 0) is 52.8 Å². The third-order valence-corrected chi connectivity index (χ3v) is 6.61. The van der Waals surface area contributed by atoms with Crippen LogP contribution >= 0.6 is 7.82 Å². The van der Waals surface area contributed by atoms with Gasteiger partial charge in [0.2, 0.25) is 0 Å². The minimum atomic E-state index is -4.48. The van der Waals surface area contributed by atoms with Gasteiger partial charge < -0.3 is 14.9 Å². The van der Waals surface area contributed by atoms with Crippen LogP contribution in [0.25, 0.3) is 12.2 Å². The quantitative estimate of drug-likeness (QED) is 0.410. The number of hydrogen-bond acceptors (Lipinski definition) is 3. The summed E-state index contributed by atoms with van der Waals surface area (Å²) in [5, 5.41) is 11.2. The van der Waals surface area contributed by atoms with Crippen LogP contribution < -0.4 is 0 Å². The van der Waals surface area contributed by atoms with E-state index in [0.29, 0.717) is 11.3 Å². The second-order valence-electron chi connectivity index (χ2n) is 9.49. The molecule has 0 amide bonds. The molecule has 30 heavy (non-hydrogen) atoms. The van der Waals surface area contributed by atoms with Gasteiger partial charge in [0.05, 0.1) is 6.61 Å². The maximum absolute atomic E-state index is 11.2. The zero-order valence-electron chi connectivity index (χ0n) is 18.3. The van der Waals surface area contributed by atoms with E-state index in [2.05, 4.69) is 38.3 Å². The topological polar surface area (TPSA) is 87.0 Å². The molecule has 3 N–H and O–H groups in total. The van der Waals surface area contributed by atoms with Gasteiger partial charge in [0.1, 0.15) is 5.75 Å². The summed E-state index contributed by atoms with van der Waals surface area (Å²) in [6.45, 7) is 10.8. The number of phosphoric acid groups is 1. The number of benzene rings is 2. The van der Waals surface area contributed by atoms with Gasteiger partial charge >= 0.3 is 7.82 Å². The summed E-state index contributed by atoms with van der Waals surface area (Å²) in [4.78, 5) is 17.6. The Morgan fingerprint density at radius 1 is 1.03 bits per heavy atom. The average molecular weight is 430 g/mol. The Balaban J connectivity index is 1.90. The SMILES string of the molecule is Cc1cc2c(c(O)c1C=Cc1ccc(COP(=O)(O)O)cc1)C(C)(C)CCC2(C)C. The second kappa shape index (κ2) is 7.97. The van der Waals surface area contributed by atoms with Crippen molar-refractivity contribution in [2.75, 3.05) is 0 Å². The van der Waals surface area contributed by atoms with Crippen molar-refractivity contribution in [2.24, 2.45) is 0 Å². The Hall–Kier alpha value is -1.91. The first-order valence-corrected chi connectivity index (χ1v) is 11.7. The van der Waals surface area contributed by atoms with Gasteiger partial charge in [0, 0.05) is 11.1 Å². The largest absolute Gasteiger partial charge is 0.507 e. The molecule has 5 nitrogen and oxygen atoms in total. The van der Waals surface area contributed by atoms with Gasteiger partial charge in [0.15, 0.2) is 0 Å². The summed E-state index contributed by atoms with van der Waals surface area (Å²) < 4.78 is 15.3. The van der Waals surface area contributed by atoms with Crippen LogP contribution in [-0.4, -0.2) is 14.9 Å². The number of aryl methyl sites for hydroxylation is 1. The fourth-order valence-electron chi connectivity index (χ4n) is 4.19. The molecule has 0 atom stereocenters. The number of aromatic hydroxyl groups is 1. The molecule has 162 valence electrons. The molecule has 2 aromatic rings. The fourth-order valence-corrected chi connectivity index (χ4v) is 4.51. The molecule has 0 saturated heterocycles. The molecule has 0 heterocycles. The number of phenols is 1. The highest BCUT2D eigenvalue weighted by atomic mass is 31.2. The van der Waals surface area contributed by atoms with Crippen LogP contribution in [0, 0.1) is 6.92 Å². The number of fused-ring (bicyclic) bond motifs is 1. The Bertz CT molecular complexity index is 1010. The number of phenolic OH excluding ortho intramolecular Hbond substituents is 1. The van der Waals surface area contributed by atoms with Crippen LogP contribution in [0.2, 0.25) is 0 Å². The number of hydrogen-bond donors (Lipinski definition) is 3. The molecular formula is C24H31O5P. The van der Waals surface area contributed by atoms with Gasteiger partial charge in [-0.25, -0.2) is 4.57 Å². The lowest BCUT2D eigenvalue weighted by Crippen LogP contribution is -2.34. The minimum absolute atomic E-state index is 0.0420. The first-order chi connectivity index (χ1) is 13.8. The van der Waals surface area contributed by atoms with Gasteiger partial charge in [-0.3, -0.25) is 4.52 Å². The lowest BCUT2D eigenvalue weighted by molar-refractivity contribution is 0.189. The predicted molar refractivity (Wildman–Crippen MR) is 120 cm³/mol. The van der Waals surface area contributed by atoms with Gasteiger partial charge in [-0.15, -0.1) is 0 Å². The Kier molecular flexibility index (Phi) is 6.05. The molecule has 3 rings (SSSR count). The normalized spacial score (nSPS) is 17.8. The highest BCUT2D eigenvalue weighted by Crippen LogP contribution is 2.51. The van der Waals surface area contributed by atoms with Crippen LogP contribution in [-0.2, 0) is 26.5 Å². The van der Waals surface area contributed by atoms with Crippen molar-refractivity contribution in [3.8, 4) is 5.75 Å². The summed E-state index contributed by atoms with van der Waals surface area (Å²) in [6.07, 6.45) is 6.00. The highest BCUT2D eigenvalue weighted by molar-refractivity contribution is 7.46. The molecule has 0 spiro atoms. The summed E-state index contributed by atoms with van der Waals surface area (Å²) in [5.74, 6) is 0.366. The summed E-state index contributed by atoms with van der Waals surface area (Å²) in [5.41, 5.74) is 5.72. The minimum Gasteiger partial charge on any atom is -0.507 e. The predicted octanol–water partition coefficient (Wildman–Crippen LogP) is 5.83. The van der Waals surface area contributed by atoms with E-state index in [1.165, 1.54) is 5.56 Å². The van der Waals surface area contributed by atoms with E-state index in [1.807, 2.05) is 31.2 Å². The fraction of sp³-hybridized carbons (Fsp3) is 0.417. The molecule has 0 aromatic heterocycles. The lowest BCUT2D eigenvalue weighted by Gasteiger charge is -2.42. The molecule has 0 bridgehead atoms. The lowest BCUT2D eigenvalue weighted by atomic mass is 9.62. The van der Waals surface area contributed by atoms with Crippen molar-refractivity contribution in [3.63, 3.8) is 0 Å². The van der Waals surface area contributed by atoms with Crippen molar-refractivity contribution in [1.29, 1.82) is 0 Å². The zero-order chi connectivity index (χ0) is 22.3. The van der Waals surface area contributed by atoms with Crippen molar-refractivity contribution in [1.82, 2.24) is 0 Å². The Morgan fingerprint density at radius 3 is 2.23 bits per heavy atom. The van der Waals surface area contributed by atoms with E-state index in [-0.39, 0.29) is 17.4 Å². The summed E-state index contributed by atoms with van der Waals surface area (Å²) in [7, 11) is -4.48. The van der Waals surface area contributed by atoms with E-state index >= 15 is 0 Å². The molecular weight excluding hydrogens is 399 g/mol. The molecule has 1 aliphatic carbocycles. The number of phosphoric ester groups is 1. The molecule has 0 saturated carbocycles. The van der Waals surface area contributed by atoms with Crippen LogP contribution in [0.3, 0.4) is 0 Å². The summed E-state index contributed by atoms with van der Waals surface area (Å²) in [6, 6.07) is 9.46. The first-order valence-electron chi connectivity index (χ1n) is 10.1. The maximum Gasteiger partial charge on any atom is 0.469 e. The third-order valence-electron chi connectivity index (χ3n) is 6.15. The van der Waals surface area contributed by atoms with Crippen LogP contribution in [0.15, 0.2) is 30.3 Å². The van der Waals surface area contributed by atoms with Crippen molar-refractivity contribution in [3.05, 3.63) is 63.7 Å². The molecule has 0 radical (unpaired) electrons. The molecule has 6 heteroatoms. The number of rotatable bonds is 5. The zero-order valence-corrected chi connectivity index (χ0v) is 19.2. The smallest absolute Gasteiger partial charge is 0.469 e. The molecule has 1 aliphatic rings. The van der Waals surface area contributed by atoms with Crippen LogP contribution in [0.4, 0.5) is 0 Å². The molecule has 0 unspecified atom stereocenters. The van der Waals surface area contributed by atoms with E-state index in [1.54, 1.807) is 12.1 Å². The monoisotopic (exact) mass is 430 g/mol. The van der Waals surface area contributed by atoms with E-state index in [0.717, 1.165) is 35.1 Å². The molecule has 0 fully saturated rings. The van der Waals surface area contributed by atoms with E-state index in [4.69, 9.17) is 9.79 Å². The van der Waals surface area contributed by atoms with Gasteiger partial charge in [-0.2, -0.15) is 0 Å². The molecule has 2 aromatic carbocycles.